The van der Waals surface area contributed by atoms with Crippen LogP contribution in [0.3, 0.4) is 0 Å². The Kier molecular flexibility index (Phi) is 8.58. The number of rotatable bonds is 5. The van der Waals surface area contributed by atoms with Gasteiger partial charge in [0.1, 0.15) is 0 Å². The smallest absolute Gasteiger partial charge is 0.357 e. The summed E-state index contributed by atoms with van der Waals surface area (Å²) in [6.45, 7) is 5.08. The normalized spacial score (nSPS) is 11.9. The minimum Gasteiger partial charge on any atom is -0.357 e. The SMILES string of the molecule is CCNC(=NCc1cn(C)nc1C(F)(F)F)N(C)Cc1ccccc1C.I. The molecule has 0 bridgehead atoms. The molecule has 5 nitrogen and oxygen atoms in total. The van der Waals surface area contributed by atoms with Crippen LogP contribution in [0.5, 0.6) is 0 Å². The molecule has 0 aliphatic rings. The molecule has 2 aromatic rings. The topological polar surface area (TPSA) is 45.5 Å². The number of halogens is 4. The van der Waals surface area contributed by atoms with Gasteiger partial charge in [0.05, 0.1) is 6.54 Å². The van der Waals surface area contributed by atoms with E-state index in [4.69, 9.17) is 0 Å². The van der Waals surface area contributed by atoms with Crippen molar-refractivity contribution >= 4 is 29.9 Å². The fourth-order valence-corrected chi connectivity index (χ4v) is 2.64. The first-order chi connectivity index (χ1) is 12.2. The molecule has 0 amide bonds. The molecule has 0 spiro atoms. The Bertz CT molecular complexity index is 771. The third-order valence-electron chi connectivity index (χ3n) is 3.94. The molecule has 0 aliphatic heterocycles. The van der Waals surface area contributed by atoms with Crippen LogP contribution in [-0.4, -0.2) is 34.2 Å². The molecule has 27 heavy (non-hydrogen) atoms. The van der Waals surface area contributed by atoms with Crippen LogP contribution in [0.25, 0.3) is 0 Å². The number of aromatic nitrogens is 2. The van der Waals surface area contributed by atoms with Crippen LogP contribution in [0, 0.1) is 6.92 Å². The number of alkyl halides is 3. The van der Waals surface area contributed by atoms with E-state index in [9.17, 15) is 13.2 Å². The summed E-state index contributed by atoms with van der Waals surface area (Å²) in [4.78, 5) is 6.27. The molecule has 0 saturated carbocycles. The monoisotopic (exact) mass is 495 g/mol. The fourth-order valence-electron chi connectivity index (χ4n) is 2.64. The molecule has 1 aromatic heterocycles. The van der Waals surface area contributed by atoms with E-state index in [-0.39, 0.29) is 36.1 Å². The lowest BCUT2D eigenvalue weighted by molar-refractivity contribution is -0.142. The summed E-state index contributed by atoms with van der Waals surface area (Å²) in [7, 11) is 3.33. The van der Waals surface area contributed by atoms with Gasteiger partial charge in [0.15, 0.2) is 11.7 Å². The quantitative estimate of drug-likeness (QED) is 0.388. The summed E-state index contributed by atoms with van der Waals surface area (Å²) in [5, 5.41) is 6.64. The highest BCUT2D eigenvalue weighted by atomic mass is 127. The maximum absolute atomic E-state index is 13.1. The molecule has 0 saturated heterocycles. The lowest BCUT2D eigenvalue weighted by Gasteiger charge is -2.23. The predicted octanol–water partition coefficient (Wildman–Crippen LogP) is 3.96. The zero-order chi connectivity index (χ0) is 19.3. The minimum atomic E-state index is -4.49. The Labute approximate surface area is 174 Å². The standard InChI is InChI=1S/C18H24F3N5.HI/c1-5-22-17(25(3)11-14-9-7-6-8-13(14)2)23-10-15-12-26(4)24-16(15)18(19,20)21;/h6-9,12H,5,10-11H2,1-4H3,(H,22,23);1H. The van der Waals surface area contributed by atoms with Crippen LogP contribution in [0.15, 0.2) is 35.5 Å². The third kappa shape index (κ3) is 6.40. The number of aryl methyl sites for hydroxylation is 2. The van der Waals surface area contributed by atoms with Crippen molar-refractivity contribution in [3.63, 3.8) is 0 Å². The molecule has 0 unspecified atom stereocenters. The first-order valence-corrected chi connectivity index (χ1v) is 8.36. The molecule has 0 atom stereocenters. The second kappa shape index (κ2) is 9.95. The van der Waals surface area contributed by atoms with Gasteiger partial charge >= 0.3 is 6.18 Å². The lowest BCUT2D eigenvalue weighted by atomic mass is 10.1. The van der Waals surface area contributed by atoms with Gasteiger partial charge in [-0.3, -0.25) is 4.68 Å². The highest BCUT2D eigenvalue weighted by molar-refractivity contribution is 14.0. The number of hydrogen-bond donors (Lipinski definition) is 1. The summed E-state index contributed by atoms with van der Waals surface area (Å²) in [6, 6.07) is 7.99. The van der Waals surface area contributed by atoms with Crippen LogP contribution in [0.4, 0.5) is 13.2 Å². The highest BCUT2D eigenvalue weighted by Crippen LogP contribution is 2.30. The summed E-state index contributed by atoms with van der Waals surface area (Å²) in [6.07, 6.45) is -3.13. The number of aliphatic imine (C=N–C) groups is 1. The second-order valence-corrected chi connectivity index (χ2v) is 6.13. The van der Waals surface area contributed by atoms with Crippen molar-refractivity contribution in [2.75, 3.05) is 13.6 Å². The van der Waals surface area contributed by atoms with Crippen LogP contribution in [0.2, 0.25) is 0 Å². The van der Waals surface area contributed by atoms with E-state index in [0.29, 0.717) is 19.0 Å². The van der Waals surface area contributed by atoms with E-state index in [1.165, 1.54) is 13.2 Å². The van der Waals surface area contributed by atoms with Gasteiger partial charge in [-0.2, -0.15) is 18.3 Å². The zero-order valence-corrected chi connectivity index (χ0v) is 18.2. The van der Waals surface area contributed by atoms with Gasteiger partial charge < -0.3 is 10.2 Å². The number of benzene rings is 1. The van der Waals surface area contributed by atoms with Crippen molar-refractivity contribution in [2.45, 2.75) is 33.1 Å². The largest absolute Gasteiger partial charge is 0.435 e. The van der Waals surface area contributed by atoms with Gasteiger partial charge in [-0.05, 0) is 25.0 Å². The Balaban J connectivity index is 0.00000364. The van der Waals surface area contributed by atoms with Crippen molar-refractivity contribution < 1.29 is 13.2 Å². The van der Waals surface area contributed by atoms with Crippen LogP contribution < -0.4 is 5.32 Å². The predicted molar refractivity (Wildman–Crippen MR) is 111 cm³/mol. The summed E-state index contributed by atoms with van der Waals surface area (Å²) in [5.41, 5.74) is 1.46. The van der Waals surface area contributed by atoms with Crippen LogP contribution in [0.1, 0.15) is 29.3 Å². The average Bonchev–Trinajstić information content (AvgIpc) is 2.94. The van der Waals surface area contributed by atoms with Crippen LogP contribution >= 0.6 is 24.0 Å². The zero-order valence-electron chi connectivity index (χ0n) is 15.8. The van der Waals surface area contributed by atoms with E-state index in [2.05, 4.69) is 15.4 Å². The maximum atomic E-state index is 13.1. The minimum absolute atomic E-state index is 0. The van der Waals surface area contributed by atoms with Gasteiger partial charge in [-0.15, -0.1) is 24.0 Å². The van der Waals surface area contributed by atoms with Crippen LogP contribution in [-0.2, 0) is 26.3 Å². The summed E-state index contributed by atoms with van der Waals surface area (Å²) in [5.74, 6) is 0.549. The summed E-state index contributed by atoms with van der Waals surface area (Å²) >= 11 is 0. The van der Waals surface area contributed by atoms with Crippen molar-refractivity contribution in [1.29, 1.82) is 0 Å². The Morgan fingerprint density at radius 3 is 2.52 bits per heavy atom. The average molecular weight is 495 g/mol. The highest BCUT2D eigenvalue weighted by Gasteiger charge is 2.36. The molecular formula is C18H25F3IN5. The number of nitrogens with zero attached hydrogens (tertiary/aromatic N) is 4. The van der Waals surface area contributed by atoms with E-state index in [1.54, 1.807) is 0 Å². The van der Waals surface area contributed by atoms with Gasteiger partial charge in [0.25, 0.3) is 0 Å². The number of nitrogens with one attached hydrogen (secondary N) is 1. The van der Waals surface area contributed by atoms with Crippen molar-refractivity contribution in [1.82, 2.24) is 20.0 Å². The molecule has 0 radical (unpaired) electrons. The second-order valence-electron chi connectivity index (χ2n) is 6.13. The molecule has 0 fully saturated rings. The Morgan fingerprint density at radius 2 is 1.93 bits per heavy atom. The molecule has 9 heteroatoms. The number of hydrogen-bond acceptors (Lipinski definition) is 2. The fraction of sp³-hybridized carbons (Fsp3) is 0.444. The Morgan fingerprint density at radius 1 is 1.26 bits per heavy atom. The maximum Gasteiger partial charge on any atom is 0.435 e. The molecular weight excluding hydrogens is 470 g/mol. The molecule has 1 heterocycles. The molecule has 150 valence electrons. The molecule has 1 aromatic carbocycles. The van der Waals surface area contributed by atoms with Crippen molar-refractivity contribution in [2.24, 2.45) is 12.0 Å². The summed E-state index contributed by atoms with van der Waals surface area (Å²) < 4.78 is 40.4. The third-order valence-corrected chi connectivity index (χ3v) is 3.94. The van der Waals surface area contributed by atoms with E-state index >= 15 is 0 Å². The molecule has 1 N–H and O–H groups in total. The number of guanidine groups is 1. The molecule has 2 rings (SSSR count). The van der Waals surface area contributed by atoms with Gasteiger partial charge in [-0.1, -0.05) is 24.3 Å². The Hall–Kier alpha value is -1.78. The van der Waals surface area contributed by atoms with E-state index in [0.717, 1.165) is 15.8 Å². The first-order valence-electron chi connectivity index (χ1n) is 8.36. The van der Waals surface area contributed by atoms with E-state index < -0.39 is 11.9 Å². The van der Waals surface area contributed by atoms with Gasteiger partial charge in [0.2, 0.25) is 0 Å². The first kappa shape index (κ1) is 23.3. The molecule has 0 aliphatic carbocycles. The van der Waals surface area contributed by atoms with Crippen molar-refractivity contribution in [3.05, 3.63) is 52.8 Å². The van der Waals surface area contributed by atoms with E-state index in [1.807, 2.05) is 50.1 Å². The lowest BCUT2D eigenvalue weighted by Crippen LogP contribution is -2.38. The van der Waals surface area contributed by atoms with Gasteiger partial charge in [-0.25, -0.2) is 4.99 Å². The van der Waals surface area contributed by atoms with Gasteiger partial charge in [0, 0.05) is 38.9 Å². The van der Waals surface area contributed by atoms with Crippen molar-refractivity contribution in [3.8, 4) is 0 Å².